The Labute approximate surface area is 106 Å². The van der Waals surface area contributed by atoms with Gasteiger partial charge in [0.1, 0.15) is 11.6 Å². The molecular weight excluding hydrogens is 255 g/mol. The quantitative estimate of drug-likeness (QED) is 0.860. The highest BCUT2D eigenvalue weighted by molar-refractivity contribution is 7.98. The number of fused-ring (bicyclic) bond motifs is 3. The molecule has 0 radical (unpaired) electrons. The Hall–Kier alpha value is -1.82. The largest absolute Gasteiger partial charge is 0.476 e. The lowest BCUT2D eigenvalue weighted by molar-refractivity contribution is 0.0690. The summed E-state index contributed by atoms with van der Waals surface area (Å²) in [4.78, 5) is 16.0. The normalized spacial score (nSPS) is 13.0. The molecule has 0 fully saturated rings. The number of carboxylic acids is 1. The third-order valence-electron chi connectivity index (χ3n) is 2.87. The van der Waals surface area contributed by atoms with Crippen molar-refractivity contribution in [3.05, 3.63) is 41.2 Å². The van der Waals surface area contributed by atoms with Crippen LogP contribution in [0.2, 0.25) is 0 Å². The fourth-order valence-electron chi connectivity index (χ4n) is 2.14. The summed E-state index contributed by atoms with van der Waals surface area (Å²) in [5.41, 5.74) is 1.53. The number of rotatable bonds is 1. The fraction of sp³-hybridized carbons (Fsp3) is 0.167. The van der Waals surface area contributed by atoms with Gasteiger partial charge in [-0.1, -0.05) is 0 Å². The predicted octanol–water partition coefficient (Wildman–Crippen LogP) is 2.62. The summed E-state index contributed by atoms with van der Waals surface area (Å²) < 4.78 is 15.0. The molecule has 0 atom stereocenters. The van der Waals surface area contributed by atoms with Crippen molar-refractivity contribution >= 4 is 17.7 Å². The molecule has 0 unspecified atom stereocenters. The Morgan fingerprint density at radius 2 is 2.33 bits per heavy atom. The van der Waals surface area contributed by atoms with Crippen molar-refractivity contribution in [3.63, 3.8) is 0 Å². The van der Waals surface area contributed by atoms with Gasteiger partial charge in [0.05, 0.1) is 11.4 Å². The molecule has 1 aliphatic rings. The number of hydrogen-bond acceptors (Lipinski definition) is 3. The average molecular weight is 264 g/mol. The van der Waals surface area contributed by atoms with Crippen molar-refractivity contribution in [2.24, 2.45) is 0 Å². The molecule has 0 amide bonds. The fourth-order valence-corrected chi connectivity index (χ4v) is 3.20. The minimum Gasteiger partial charge on any atom is -0.476 e. The van der Waals surface area contributed by atoms with Gasteiger partial charge in [0.15, 0.2) is 5.69 Å². The summed E-state index contributed by atoms with van der Waals surface area (Å²) in [7, 11) is 0. The highest BCUT2D eigenvalue weighted by Gasteiger charge is 2.26. The minimum absolute atomic E-state index is 0.0787. The van der Waals surface area contributed by atoms with Crippen LogP contribution in [0.5, 0.6) is 0 Å². The summed E-state index contributed by atoms with van der Waals surface area (Å²) in [5, 5.41) is 9.10. The van der Waals surface area contributed by atoms with Gasteiger partial charge in [0.2, 0.25) is 0 Å². The van der Waals surface area contributed by atoms with Crippen molar-refractivity contribution in [1.82, 2.24) is 9.55 Å². The zero-order valence-corrected chi connectivity index (χ0v) is 10.3. The van der Waals surface area contributed by atoms with E-state index < -0.39 is 5.97 Å². The molecule has 1 aromatic carbocycles. The van der Waals surface area contributed by atoms with Gasteiger partial charge in [-0.3, -0.25) is 4.57 Å². The van der Waals surface area contributed by atoms with Crippen molar-refractivity contribution in [3.8, 4) is 5.69 Å². The van der Waals surface area contributed by atoms with Crippen LogP contribution in [0, 0.1) is 12.7 Å². The summed E-state index contributed by atoms with van der Waals surface area (Å²) in [6.07, 6.45) is 0. The number of aromatic nitrogens is 2. The van der Waals surface area contributed by atoms with E-state index in [0.717, 1.165) is 10.6 Å². The Kier molecular flexibility index (Phi) is 2.41. The molecule has 2 aromatic rings. The van der Waals surface area contributed by atoms with E-state index in [2.05, 4.69) is 4.98 Å². The number of nitrogens with zero attached hydrogens (tertiary/aromatic N) is 2. The Balaban J connectivity index is 2.27. The van der Waals surface area contributed by atoms with Gasteiger partial charge in [0.25, 0.3) is 0 Å². The lowest BCUT2D eigenvalue weighted by Gasteiger charge is -2.19. The Morgan fingerprint density at radius 1 is 1.56 bits per heavy atom. The number of imidazole rings is 1. The number of aryl methyl sites for hydroxylation is 1. The van der Waals surface area contributed by atoms with Crippen LogP contribution >= 0.6 is 11.8 Å². The topological polar surface area (TPSA) is 55.1 Å². The van der Waals surface area contributed by atoms with Crippen LogP contribution in [-0.4, -0.2) is 20.6 Å². The van der Waals surface area contributed by atoms with E-state index in [4.69, 9.17) is 5.11 Å². The zero-order valence-electron chi connectivity index (χ0n) is 9.48. The second-order valence-electron chi connectivity index (χ2n) is 4.00. The zero-order chi connectivity index (χ0) is 12.9. The molecule has 0 aliphatic carbocycles. The second kappa shape index (κ2) is 3.84. The lowest BCUT2D eigenvalue weighted by atomic mass is 10.2. The van der Waals surface area contributed by atoms with Crippen molar-refractivity contribution in [2.75, 3.05) is 0 Å². The first-order chi connectivity index (χ1) is 8.58. The number of carboxylic acid groups (broad SMARTS) is 1. The van der Waals surface area contributed by atoms with Gasteiger partial charge in [-0.05, 0) is 25.1 Å². The number of benzene rings is 1. The smallest absolute Gasteiger partial charge is 0.356 e. The molecule has 1 aromatic heterocycles. The van der Waals surface area contributed by atoms with Gasteiger partial charge >= 0.3 is 5.97 Å². The van der Waals surface area contributed by atoms with Gasteiger partial charge in [-0.2, -0.15) is 0 Å². The second-order valence-corrected chi connectivity index (χ2v) is 5.01. The number of carbonyl (C=O) groups is 1. The molecule has 1 aliphatic heterocycles. The monoisotopic (exact) mass is 264 g/mol. The van der Waals surface area contributed by atoms with Crippen LogP contribution in [-0.2, 0) is 5.75 Å². The van der Waals surface area contributed by atoms with Gasteiger partial charge < -0.3 is 5.11 Å². The first kappa shape index (κ1) is 11.3. The molecule has 3 rings (SSSR count). The van der Waals surface area contributed by atoms with Crippen LogP contribution in [0.25, 0.3) is 5.69 Å². The van der Waals surface area contributed by atoms with E-state index in [0.29, 0.717) is 17.3 Å². The molecular formula is C12H9FN2O2S. The number of aromatic carboxylic acids is 1. The van der Waals surface area contributed by atoms with Crippen molar-refractivity contribution in [1.29, 1.82) is 0 Å². The molecule has 0 saturated carbocycles. The van der Waals surface area contributed by atoms with Gasteiger partial charge in [-0.15, -0.1) is 11.8 Å². The van der Waals surface area contributed by atoms with Crippen LogP contribution < -0.4 is 0 Å². The molecule has 0 bridgehead atoms. The van der Waals surface area contributed by atoms with E-state index in [-0.39, 0.29) is 11.5 Å². The maximum absolute atomic E-state index is 13.2. The SMILES string of the molecule is Cc1nc(C(=O)O)c2n1-c1ccc(F)cc1SC2. The molecule has 4 nitrogen and oxygen atoms in total. The van der Waals surface area contributed by atoms with Crippen LogP contribution in [0.4, 0.5) is 4.39 Å². The summed E-state index contributed by atoms with van der Waals surface area (Å²) >= 11 is 1.43. The molecule has 1 N–H and O–H groups in total. The third kappa shape index (κ3) is 1.53. The number of thioether (sulfide) groups is 1. The molecule has 0 saturated heterocycles. The Morgan fingerprint density at radius 3 is 3.06 bits per heavy atom. The Bertz CT molecular complexity index is 666. The maximum atomic E-state index is 13.2. The summed E-state index contributed by atoms with van der Waals surface area (Å²) in [5.74, 6) is -0.228. The van der Waals surface area contributed by atoms with Crippen molar-refractivity contribution < 1.29 is 14.3 Å². The van der Waals surface area contributed by atoms with Crippen LogP contribution in [0.3, 0.4) is 0 Å². The highest BCUT2D eigenvalue weighted by atomic mass is 32.2. The van der Waals surface area contributed by atoms with Crippen LogP contribution in [0.15, 0.2) is 23.1 Å². The van der Waals surface area contributed by atoms with Crippen molar-refractivity contribution in [2.45, 2.75) is 17.6 Å². The third-order valence-corrected chi connectivity index (χ3v) is 3.93. The van der Waals surface area contributed by atoms with E-state index in [1.165, 1.54) is 23.9 Å². The summed E-state index contributed by atoms with van der Waals surface area (Å²) in [6, 6.07) is 4.48. The molecule has 92 valence electrons. The standard InChI is InChI=1S/C12H9FN2O2S/c1-6-14-11(12(16)17)9-5-18-10-4-7(13)2-3-8(10)15(6)9/h2-4H,5H2,1H3,(H,16,17). The van der Waals surface area contributed by atoms with E-state index in [1.807, 2.05) is 0 Å². The van der Waals surface area contributed by atoms with E-state index >= 15 is 0 Å². The molecule has 18 heavy (non-hydrogen) atoms. The molecule has 2 heterocycles. The molecule has 6 heteroatoms. The number of halogens is 1. The minimum atomic E-state index is -1.03. The van der Waals surface area contributed by atoms with E-state index in [9.17, 15) is 9.18 Å². The first-order valence-electron chi connectivity index (χ1n) is 5.32. The lowest BCUT2D eigenvalue weighted by Crippen LogP contribution is -2.10. The van der Waals surface area contributed by atoms with Gasteiger partial charge in [0, 0.05) is 10.6 Å². The summed E-state index contributed by atoms with van der Waals surface area (Å²) in [6.45, 7) is 1.75. The maximum Gasteiger partial charge on any atom is 0.356 e. The first-order valence-corrected chi connectivity index (χ1v) is 6.30. The van der Waals surface area contributed by atoms with E-state index in [1.54, 1.807) is 17.6 Å². The predicted molar refractivity (Wildman–Crippen MR) is 64.8 cm³/mol. The highest BCUT2D eigenvalue weighted by Crippen LogP contribution is 2.37. The van der Waals surface area contributed by atoms with Gasteiger partial charge in [-0.25, -0.2) is 14.2 Å². The van der Waals surface area contributed by atoms with Crippen LogP contribution in [0.1, 0.15) is 22.0 Å². The molecule has 0 spiro atoms. The number of hydrogen-bond donors (Lipinski definition) is 1. The average Bonchev–Trinajstić information content (AvgIpc) is 2.67.